The van der Waals surface area contributed by atoms with Crippen molar-refractivity contribution >= 4 is 32.8 Å². The summed E-state index contributed by atoms with van der Waals surface area (Å²) in [4.78, 5) is 2.73. The molecule has 1 nitrogen and oxygen atoms in total. The fourth-order valence-corrected chi connectivity index (χ4v) is 3.84. The molecule has 0 aliphatic heterocycles. The topological polar surface area (TPSA) is 12.0 Å². The summed E-state index contributed by atoms with van der Waals surface area (Å²) < 4.78 is 1.36. The molecule has 0 aliphatic carbocycles. The van der Waals surface area contributed by atoms with E-state index in [1.54, 1.807) is 11.3 Å². The van der Waals surface area contributed by atoms with Crippen LogP contribution in [0.15, 0.2) is 41.8 Å². The molecule has 1 unspecified atom stereocenters. The standard InChI is InChI=1S/C15H15NS2/c1-10(16-2)13-5-6-15(18-13)11-3-4-14-12(9-11)7-8-17-14/h3-10,16H,1-2H3. The molecule has 1 atom stereocenters. The summed E-state index contributed by atoms with van der Waals surface area (Å²) in [5.74, 6) is 0. The van der Waals surface area contributed by atoms with Crippen LogP contribution in [0.25, 0.3) is 20.5 Å². The maximum absolute atomic E-state index is 3.28. The first kappa shape index (κ1) is 11.9. The van der Waals surface area contributed by atoms with Gasteiger partial charge in [0.2, 0.25) is 0 Å². The molecule has 1 N–H and O–H groups in total. The monoisotopic (exact) mass is 273 g/mol. The average molecular weight is 273 g/mol. The van der Waals surface area contributed by atoms with Crippen molar-refractivity contribution in [3.8, 4) is 10.4 Å². The predicted octanol–water partition coefficient (Wildman–Crippen LogP) is 4.91. The molecule has 0 bridgehead atoms. The van der Waals surface area contributed by atoms with Gasteiger partial charge in [0, 0.05) is 20.5 Å². The van der Waals surface area contributed by atoms with Crippen molar-refractivity contribution < 1.29 is 0 Å². The first-order valence-corrected chi connectivity index (χ1v) is 7.72. The van der Waals surface area contributed by atoms with Crippen LogP contribution < -0.4 is 5.32 Å². The van der Waals surface area contributed by atoms with Crippen LogP contribution in [0.1, 0.15) is 17.8 Å². The SMILES string of the molecule is CNC(C)c1ccc(-c2ccc3sccc3c2)s1. The van der Waals surface area contributed by atoms with Crippen molar-refractivity contribution in [1.29, 1.82) is 0 Å². The molecule has 3 aromatic rings. The third-order valence-corrected chi connectivity index (χ3v) is 5.44. The van der Waals surface area contributed by atoms with Crippen LogP contribution in [0.4, 0.5) is 0 Å². The van der Waals surface area contributed by atoms with Crippen molar-refractivity contribution in [3.05, 3.63) is 46.7 Å². The van der Waals surface area contributed by atoms with Gasteiger partial charge in [-0.1, -0.05) is 6.07 Å². The summed E-state index contributed by atoms with van der Waals surface area (Å²) in [6.07, 6.45) is 0. The van der Waals surface area contributed by atoms with Crippen LogP contribution in [0.2, 0.25) is 0 Å². The highest BCUT2D eigenvalue weighted by Gasteiger charge is 2.08. The Balaban J connectivity index is 2.00. The van der Waals surface area contributed by atoms with E-state index in [-0.39, 0.29) is 0 Å². The van der Waals surface area contributed by atoms with Gasteiger partial charge in [-0.2, -0.15) is 0 Å². The molecule has 92 valence electrons. The highest BCUT2D eigenvalue weighted by Crippen LogP contribution is 2.33. The molecule has 2 heterocycles. The number of benzene rings is 1. The smallest absolute Gasteiger partial charge is 0.0383 e. The molecule has 0 aliphatic rings. The molecule has 18 heavy (non-hydrogen) atoms. The number of thiophene rings is 2. The second-order valence-corrected chi connectivity index (χ2v) is 6.45. The summed E-state index contributed by atoms with van der Waals surface area (Å²) >= 11 is 3.67. The van der Waals surface area contributed by atoms with E-state index in [2.05, 4.69) is 54.0 Å². The van der Waals surface area contributed by atoms with Crippen LogP contribution in [0.5, 0.6) is 0 Å². The third-order valence-electron chi connectivity index (χ3n) is 3.22. The van der Waals surface area contributed by atoms with E-state index < -0.39 is 0 Å². The Morgan fingerprint density at radius 1 is 1.11 bits per heavy atom. The minimum absolute atomic E-state index is 0.425. The Morgan fingerprint density at radius 3 is 2.83 bits per heavy atom. The first-order chi connectivity index (χ1) is 8.78. The van der Waals surface area contributed by atoms with E-state index in [4.69, 9.17) is 0 Å². The van der Waals surface area contributed by atoms with Gasteiger partial charge in [-0.15, -0.1) is 22.7 Å². The Morgan fingerprint density at radius 2 is 2.00 bits per heavy atom. The second kappa shape index (κ2) is 4.84. The summed E-state index contributed by atoms with van der Waals surface area (Å²) in [6.45, 7) is 2.19. The molecule has 0 saturated heterocycles. The maximum atomic E-state index is 3.28. The summed E-state index contributed by atoms with van der Waals surface area (Å²) in [6, 6.07) is 13.8. The van der Waals surface area contributed by atoms with E-state index in [0.717, 1.165) is 0 Å². The predicted molar refractivity (Wildman–Crippen MR) is 82.6 cm³/mol. The van der Waals surface area contributed by atoms with Crippen LogP contribution in [-0.2, 0) is 0 Å². The van der Waals surface area contributed by atoms with Gasteiger partial charge in [0.15, 0.2) is 0 Å². The van der Waals surface area contributed by atoms with E-state index in [9.17, 15) is 0 Å². The van der Waals surface area contributed by atoms with Gasteiger partial charge in [-0.25, -0.2) is 0 Å². The normalized spacial score (nSPS) is 13.0. The number of hydrogen-bond donors (Lipinski definition) is 1. The molecular formula is C15H15NS2. The molecular weight excluding hydrogens is 258 g/mol. The molecule has 0 amide bonds. The summed E-state index contributed by atoms with van der Waals surface area (Å²) in [7, 11) is 2.00. The van der Waals surface area contributed by atoms with Crippen LogP contribution in [0.3, 0.4) is 0 Å². The van der Waals surface area contributed by atoms with Crippen molar-refractivity contribution in [2.45, 2.75) is 13.0 Å². The van der Waals surface area contributed by atoms with Gasteiger partial charge >= 0.3 is 0 Å². The van der Waals surface area contributed by atoms with Crippen LogP contribution >= 0.6 is 22.7 Å². The van der Waals surface area contributed by atoms with Gasteiger partial charge < -0.3 is 5.32 Å². The van der Waals surface area contributed by atoms with E-state index in [0.29, 0.717) is 6.04 Å². The zero-order valence-corrected chi connectivity index (χ0v) is 12.1. The summed E-state index contributed by atoms with van der Waals surface area (Å²) in [5, 5.41) is 6.78. The average Bonchev–Trinajstić information content (AvgIpc) is 3.05. The van der Waals surface area contributed by atoms with Crippen LogP contribution in [-0.4, -0.2) is 7.05 Å². The number of hydrogen-bond acceptors (Lipinski definition) is 3. The quantitative estimate of drug-likeness (QED) is 0.715. The molecule has 0 fully saturated rings. The number of rotatable bonds is 3. The molecule has 3 rings (SSSR count). The molecule has 0 radical (unpaired) electrons. The number of fused-ring (bicyclic) bond motifs is 1. The zero-order valence-electron chi connectivity index (χ0n) is 10.4. The molecule has 1 aromatic carbocycles. The highest BCUT2D eigenvalue weighted by atomic mass is 32.1. The fourth-order valence-electron chi connectivity index (χ4n) is 2.00. The number of nitrogens with one attached hydrogen (secondary N) is 1. The largest absolute Gasteiger partial charge is 0.313 e. The minimum atomic E-state index is 0.425. The van der Waals surface area contributed by atoms with Gasteiger partial charge in [0.1, 0.15) is 0 Å². The van der Waals surface area contributed by atoms with Crippen molar-refractivity contribution in [2.24, 2.45) is 0 Å². The van der Waals surface area contributed by atoms with Gasteiger partial charge in [0.25, 0.3) is 0 Å². The van der Waals surface area contributed by atoms with Gasteiger partial charge in [-0.3, -0.25) is 0 Å². The van der Waals surface area contributed by atoms with Gasteiger partial charge in [0.05, 0.1) is 0 Å². The Hall–Kier alpha value is -1.16. The zero-order chi connectivity index (χ0) is 12.5. The molecule has 3 heteroatoms. The lowest BCUT2D eigenvalue weighted by molar-refractivity contribution is 0.664. The van der Waals surface area contributed by atoms with Crippen molar-refractivity contribution in [1.82, 2.24) is 5.32 Å². The minimum Gasteiger partial charge on any atom is -0.313 e. The Kier molecular flexibility index (Phi) is 3.20. The van der Waals surface area contributed by atoms with Crippen molar-refractivity contribution in [3.63, 3.8) is 0 Å². The fraction of sp³-hybridized carbons (Fsp3) is 0.200. The lowest BCUT2D eigenvalue weighted by Gasteiger charge is -2.05. The van der Waals surface area contributed by atoms with Crippen molar-refractivity contribution in [2.75, 3.05) is 7.05 Å². The van der Waals surface area contributed by atoms with Crippen LogP contribution in [0, 0.1) is 0 Å². The lowest BCUT2D eigenvalue weighted by Crippen LogP contribution is -2.10. The molecule has 2 aromatic heterocycles. The first-order valence-electron chi connectivity index (χ1n) is 6.02. The van der Waals surface area contributed by atoms with E-state index >= 15 is 0 Å². The molecule has 0 spiro atoms. The van der Waals surface area contributed by atoms with Gasteiger partial charge in [-0.05, 0) is 60.6 Å². The van der Waals surface area contributed by atoms with E-state index in [1.165, 1.54) is 25.4 Å². The maximum Gasteiger partial charge on any atom is 0.0383 e. The van der Waals surface area contributed by atoms with E-state index in [1.807, 2.05) is 18.4 Å². The Labute approximate surface area is 115 Å². The summed E-state index contributed by atoms with van der Waals surface area (Å²) in [5.41, 5.74) is 1.32. The lowest BCUT2D eigenvalue weighted by atomic mass is 10.1. The second-order valence-electron chi connectivity index (χ2n) is 4.39. The molecule has 0 saturated carbocycles. The third kappa shape index (κ3) is 2.09. The Bertz CT molecular complexity index is 666. The highest BCUT2D eigenvalue weighted by molar-refractivity contribution is 7.17.